The number of likely N-dealkylation sites (N-methyl/N-ethyl adjacent to an activating group) is 1. The summed E-state index contributed by atoms with van der Waals surface area (Å²) in [7, 11) is 1.63. The molecule has 1 aromatic heterocycles. The summed E-state index contributed by atoms with van der Waals surface area (Å²) in [6.07, 6.45) is 4.60. The number of urea groups is 1. The Kier molecular flexibility index (Phi) is 5.06. The maximum absolute atomic E-state index is 13.0. The second-order valence-electron chi connectivity index (χ2n) is 8.87. The first kappa shape index (κ1) is 19.5. The van der Waals surface area contributed by atoms with Gasteiger partial charge in [0.05, 0.1) is 12.8 Å². The van der Waals surface area contributed by atoms with Crippen molar-refractivity contribution in [2.45, 2.75) is 58.5 Å². The van der Waals surface area contributed by atoms with Gasteiger partial charge in [0.2, 0.25) is 5.91 Å². The van der Waals surface area contributed by atoms with E-state index in [1.807, 2.05) is 0 Å². The molecule has 3 rings (SSSR count). The van der Waals surface area contributed by atoms with E-state index in [0.717, 1.165) is 17.7 Å². The van der Waals surface area contributed by atoms with Crippen LogP contribution in [0.25, 0.3) is 0 Å². The van der Waals surface area contributed by atoms with Crippen LogP contribution in [-0.2, 0) is 16.1 Å². The van der Waals surface area contributed by atoms with Gasteiger partial charge in [0, 0.05) is 7.05 Å². The number of furan rings is 1. The first-order valence-electron chi connectivity index (χ1n) is 9.53. The van der Waals surface area contributed by atoms with E-state index in [-0.39, 0.29) is 23.8 Å². The van der Waals surface area contributed by atoms with E-state index in [9.17, 15) is 14.4 Å². The maximum atomic E-state index is 13.0. The highest BCUT2D eigenvalue weighted by molar-refractivity contribution is 6.09. The van der Waals surface area contributed by atoms with Crippen LogP contribution in [0.2, 0.25) is 0 Å². The molecule has 0 atom stereocenters. The van der Waals surface area contributed by atoms with Crippen LogP contribution in [0.5, 0.6) is 0 Å². The molecule has 148 valence electrons. The second-order valence-corrected chi connectivity index (χ2v) is 8.87. The first-order valence-corrected chi connectivity index (χ1v) is 9.53. The fourth-order valence-electron chi connectivity index (χ4n) is 4.12. The molecule has 1 spiro atoms. The quantitative estimate of drug-likeness (QED) is 0.821. The van der Waals surface area contributed by atoms with Gasteiger partial charge >= 0.3 is 6.03 Å². The Bertz CT molecular complexity index is 712. The maximum Gasteiger partial charge on any atom is 0.325 e. The van der Waals surface area contributed by atoms with Crippen molar-refractivity contribution in [3.63, 3.8) is 0 Å². The molecule has 4 amide bonds. The molecule has 1 saturated carbocycles. The molecule has 2 fully saturated rings. The molecule has 27 heavy (non-hydrogen) atoms. The van der Waals surface area contributed by atoms with E-state index in [2.05, 4.69) is 26.1 Å². The first-order chi connectivity index (χ1) is 12.6. The minimum absolute atomic E-state index is 0.192. The van der Waals surface area contributed by atoms with E-state index in [4.69, 9.17) is 4.42 Å². The predicted octanol–water partition coefficient (Wildman–Crippen LogP) is 2.76. The van der Waals surface area contributed by atoms with Gasteiger partial charge in [-0.2, -0.15) is 0 Å². The zero-order valence-corrected chi connectivity index (χ0v) is 16.6. The Labute approximate surface area is 160 Å². The molecule has 0 bridgehead atoms. The van der Waals surface area contributed by atoms with Crippen molar-refractivity contribution >= 4 is 17.8 Å². The number of hydrogen-bond donors (Lipinski definition) is 1. The fraction of sp³-hybridized carbons (Fsp3) is 0.650. The zero-order chi connectivity index (χ0) is 19.8. The molecule has 7 heteroatoms. The third-order valence-electron chi connectivity index (χ3n) is 6.00. The van der Waals surface area contributed by atoms with E-state index >= 15 is 0 Å². The normalized spacial score (nSPS) is 25.8. The summed E-state index contributed by atoms with van der Waals surface area (Å²) in [6, 6.07) is 3.07. The third-order valence-corrected chi connectivity index (χ3v) is 6.00. The van der Waals surface area contributed by atoms with Crippen molar-refractivity contribution in [1.29, 1.82) is 0 Å². The van der Waals surface area contributed by atoms with Crippen molar-refractivity contribution in [3.8, 4) is 0 Å². The lowest BCUT2D eigenvalue weighted by molar-refractivity contribution is -0.139. The predicted molar refractivity (Wildman–Crippen MR) is 99.6 cm³/mol. The number of nitrogens with zero attached hydrogens (tertiary/aromatic N) is 2. The van der Waals surface area contributed by atoms with E-state index < -0.39 is 11.6 Å². The van der Waals surface area contributed by atoms with E-state index in [0.29, 0.717) is 31.1 Å². The Morgan fingerprint density at radius 3 is 2.56 bits per heavy atom. The van der Waals surface area contributed by atoms with Crippen molar-refractivity contribution in [2.75, 3.05) is 13.6 Å². The minimum atomic E-state index is -0.835. The van der Waals surface area contributed by atoms with Gasteiger partial charge in [-0.3, -0.25) is 14.5 Å². The lowest BCUT2D eigenvalue weighted by Gasteiger charge is -2.40. The summed E-state index contributed by atoms with van der Waals surface area (Å²) in [5, 5.41) is 2.88. The molecular weight excluding hydrogens is 346 g/mol. The number of rotatable bonds is 4. The number of carbonyl (C=O) groups is 3. The summed E-state index contributed by atoms with van der Waals surface area (Å²) in [5.74, 6) is 0.623. The summed E-state index contributed by atoms with van der Waals surface area (Å²) < 4.78 is 5.24. The summed E-state index contributed by atoms with van der Waals surface area (Å²) in [6.45, 7) is 6.69. The smallest absolute Gasteiger partial charge is 0.325 e. The van der Waals surface area contributed by atoms with E-state index in [1.165, 1.54) is 4.90 Å². The van der Waals surface area contributed by atoms with Crippen LogP contribution in [0.3, 0.4) is 0 Å². The monoisotopic (exact) mass is 375 g/mol. The average Bonchev–Trinajstić information content (AvgIpc) is 3.17. The van der Waals surface area contributed by atoms with Crippen molar-refractivity contribution in [3.05, 3.63) is 24.2 Å². The number of amides is 4. The molecule has 1 saturated heterocycles. The van der Waals surface area contributed by atoms with Gasteiger partial charge in [-0.15, -0.1) is 0 Å². The Hall–Kier alpha value is -2.31. The van der Waals surface area contributed by atoms with Gasteiger partial charge in [0.25, 0.3) is 5.91 Å². The molecule has 0 aromatic carbocycles. The lowest BCUT2D eigenvalue weighted by atomic mass is 9.67. The Morgan fingerprint density at radius 2 is 2.00 bits per heavy atom. The molecule has 2 heterocycles. The largest absolute Gasteiger partial charge is 0.467 e. The van der Waals surface area contributed by atoms with Gasteiger partial charge in [0.1, 0.15) is 17.8 Å². The fourth-order valence-corrected chi connectivity index (χ4v) is 4.12. The lowest BCUT2D eigenvalue weighted by Crippen LogP contribution is -2.51. The molecule has 1 aromatic rings. The summed E-state index contributed by atoms with van der Waals surface area (Å²) in [4.78, 5) is 40.4. The van der Waals surface area contributed by atoms with Crippen molar-refractivity contribution < 1.29 is 18.8 Å². The highest BCUT2D eigenvalue weighted by Gasteiger charge is 2.53. The van der Waals surface area contributed by atoms with Crippen LogP contribution in [0.15, 0.2) is 22.8 Å². The highest BCUT2D eigenvalue weighted by atomic mass is 16.3. The Morgan fingerprint density at radius 1 is 1.33 bits per heavy atom. The van der Waals surface area contributed by atoms with Gasteiger partial charge < -0.3 is 14.6 Å². The third kappa shape index (κ3) is 3.87. The van der Waals surface area contributed by atoms with Crippen LogP contribution < -0.4 is 5.32 Å². The molecule has 1 N–H and O–H groups in total. The van der Waals surface area contributed by atoms with Crippen LogP contribution >= 0.6 is 0 Å². The van der Waals surface area contributed by atoms with Gasteiger partial charge in [0.15, 0.2) is 0 Å². The summed E-state index contributed by atoms with van der Waals surface area (Å²) >= 11 is 0. The Balaban J connectivity index is 1.62. The van der Waals surface area contributed by atoms with Gasteiger partial charge in [-0.1, -0.05) is 20.8 Å². The topological polar surface area (TPSA) is 82.9 Å². The molecule has 2 aliphatic rings. The number of carbonyl (C=O) groups excluding carboxylic acids is 3. The SMILES string of the molecule is CN(Cc1ccco1)C(=O)CN1C(=O)NC2(CCC(C(C)(C)C)CC2)C1=O. The molecule has 0 unspecified atom stereocenters. The van der Waals surface area contributed by atoms with Crippen LogP contribution in [0, 0.1) is 11.3 Å². The second kappa shape index (κ2) is 7.02. The molecule has 1 aliphatic heterocycles. The molecule has 1 aliphatic carbocycles. The minimum Gasteiger partial charge on any atom is -0.467 e. The zero-order valence-electron chi connectivity index (χ0n) is 16.6. The number of hydrogen-bond acceptors (Lipinski definition) is 4. The molecule has 0 radical (unpaired) electrons. The standard InChI is InChI=1S/C20H29N3O4/c1-19(2,3)14-7-9-20(10-8-14)17(25)23(18(26)21-20)13-16(24)22(4)12-15-6-5-11-27-15/h5-6,11,14H,7-10,12-13H2,1-4H3,(H,21,26). The van der Waals surface area contributed by atoms with Crippen molar-refractivity contribution in [1.82, 2.24) is 15.1 Å². The van der Waals surface area contributed by atoms with Crippen molar-refractivity contribution in [2.24, 2.45) is 11.3 Å². The summed E-state index contributed by atoms with van der Waals surface area (Å²) in [5.41, 5.74) is -0.643. The van der Waals surface area contributed by atoms with Gasteiger partial charge in [-0.25, -0.2) is 4.79 Å². The van der Waals surface area contributed by atoms with Gasteiger partial charge in [-0.05, 0) is 49.1 Å². The average molecular weight is 375 g/mol. The van der Waals surface area contributed by atoms with E-state index in [1.54, 1.807) is 25.4 Å². The highest BCUT2D eigenvalue weighted by Crippen LogP contribution is 2.43. The molecule has 7 nitrogen and oxygen atoms in total. The number of imide groups is 1. The van der Waals surface area contributed by atoms with Crippen LogP contribution in [-0.4, -0.2) is 46.8 Å². The van der Waals surface area contributed by atoms with Crippen LogP contribution in [0.1, 0.15) is 52.2 Å². The number of nitrogens with one attached hydrogen (secondary N) is 1. The van der Waals surface area contributed by atoms with Crippen LogP contribution in [0.4, 0.5) is 4.79 Å². The molecular formula is C20H29N3O4.